The second-order valence-corrected chi connectivity index (χ2v) is 8.58. The largest absolute Gasteiger partial charge is 0.350 e. The highest BCUT2D eigenvalue weighted by atomic mass is 16.2. The molecule has 0 bridgehead atoms. The van der Waals surface area contributed by atoms with Crippen LogP contribution in [0.2, 0.25) is 0 Å². The van der Waals surface area contributed by atoms with Gasteiger partial charge in [0.15, 0.2) is 0 Å². The lowest BCUT2D eigenvalue weighted by molar-refractivity contribution is 0.0620. The molecule has 5 rings (SSSR count). The van der Waals surface area contributed by atoms with E-state index in [1.807, 2.05) is 36.2 Å². The summed E-state index contributed by atoms with van der Waals surface area (Å²) in [4.78, 5) is 26.3. The van der Waals surface area contributed by atoms with Crippen molar-refractivity contribution >= 4 is 11.9 Å². The first-order chi connectivity index (χ1) is 15.1. The molecule has 8 heteroatoms. The van der Waals surface area contributed by atoms with Gasteiger partial charge < -0.3 is 10.2 Å². The van der Waals surface area contributed by atoms with E-state index in [0.717, 1.165) is 43.4 Å². The molecule has 2 unspecified atom stereocenters. The Morgan fingerprint density at radius 3 is 2.84 bits per heavy atom. The highest BCUT2D eigenvalue weighted by molar-refractivity contribution is 5.98. The van der Waals surface area contributed by atoms with Crippen molar-refractivity contribution in [2.75, 3.05) is 11.9 Å². The first-order valence-electron chi connectivity index (χ1n) is 11.0. The number of aryl methyl sites for hydroxylation is 3. The van der Waals surface area contributed by atoms with Crippen LogP contribution in [0.3, 0.4) is 0 Å². The highest BCUT2D eigenvalue weighted by Gasteiger charge is 2.31. The Hall–Kier alpha value is -3.29. The number of rotatable bonds is 4. The maximum Gasteiger partial charge on any atom is 0.256 e. The second-order valence-electron chi connectivity index (χ2n) is 8.58. The third-order valence-electron chi connectivity index (χ3n) is 6.31. The average molecular weight is 418 g/mol. The summed E-state index contributed by atoms with van der Waals surface area (Å²) >= 11 is 0. The molecule has 8 nitrogen and oxygen atoms in total. The number of hydrogen-bond acceptors (Lipinski definition) is 6. The Labute approximate surface area is 181 Å². The number of benzene rings is 1. The Morgan fingerprint density at radius 2 is 2.00 bits per heavy atom. The highest BCUT2D eigenvalue weighted by Crippen LogP contribution is 2.25. The van der Waals surface area contributed by atoms with Crippen LogP contribution in [0.15, 0.2) is 36.8 Å². The minimum atomic E-state index is 0.00451. The first-order valence-corrected chi connectivity index (χ1v) is 11.0. The van der Waals surface area contributed by atoms with Crippen molar-refractivity contribution in [2.45, 2.75) is 58.0 Å². The standard InChI is InChI=1S/C23H27N7O/c1-15-6-9-21(30-25-10-11-26-30)19(12-15)22(31)29-14-18(8-7-16(29)2)27-23-24-13-17-4-3-5-20(17)28-23/h6,9-13,16,18H,3-5,7-8,14H2,1-2H3,(H,24,27,28). The first kappa shape index (κ1) is 19.7. The maximum atomic E-state index is 13.6. The van der Waals surface area contributed by atoms with Crippen molar-refractivity contribution in [1.82, 2.24) is 29.9 Å². The van der Waals surface area contributed by atoms with Gasteiger partial charge in [-0.2, -0.15) is 15.0 Å². The Morgan fingerprint density at radius 1 is 1.16 bits per heavy atom. The van der Waals surface area contributed by atoms with Crippen LogP contribution in [0.4, 0.5) is 5.95 Å². The summed E-state index contributed by atoms with van der Waals surface area (Å²) in [6.07, 6.45) is 10.3. The van der Waals surface area contributed by atoms with Gasteiger partial charge in [-0.25, -0.2) is 9.97 Å². The van der Waals surface area contributed by atoms with E-state index in [9.17, 15) is 4.79 Å². The van der Waals surface area contributed by atoms with Gasteiger partial charge in [0.1, 0.15) is 0 Å². The minimum Gasteiger partial charge on any atom is -0.350 e. The Kier molecular flexibility index (Phi) is 5.13. The molecule has 0 saturated carbocycles. The lowest BCUT2D eigenvalue weighted by Gasteiger charge is -2.38. The number of anilines is 1. The van der Waals surface area contributed by atoms with E-state index in [1.165, 1.54) is 10.4 Å². The fourth-order valence-electron chi connectivity index (χ4n) is 4.56. The van der Waals surface area contributed by atoms with Crippen molar-refractivity contribution < 1.29 is 4.79 Å². The number of fused-ring (bicyclic) bond motifs is 1. The lowest BCUT2D eigenvalue weighted by atomic mass is 9.97. The number of aromatic nitrogens is 5. The molecule has 1 N–H and O–H groups in total. The van der Waals surface area contributed by atoms with Crippen LogP contribution in [-0.2, 0) is 12.8 Å². The predicted molar refractivity (Wildman–Crippen MR) is 117 cm³/mol. The molecule has 31 heavy (non-hydrogen) atoms. The molecule has 2 aliphatic rings. The van der Waals surface area contributed by atoms with Gasteiger partial charge in [-0.1, -0.05) is 11.6 Å². The summed E-state index contributed by atoms with van der Waals surface area (Å²) in [6.45, 7) is 4.72. The molecular weight excluding hydrogens is 390 g/mol. The molecule has 3 heterocycles. The van der Waals surface area contributed by atoms with Crippen LogP contribution in [0.1, 0.15) is 53.4 Å². The summed E-state index contributed by atoms with van der Waals surface area (Å²) in [7, 11) is 0. The van der Waals surface area contributed by atoms with Gasteiger partial charge in [0.25, 0.3) is 5.91 Å². The fraction of sp³-hybridized carbons (Fsp3) is 0.435. The zero-order valence-corrected chi connectivity index (χ0v) is 18.0. The summed E-state index contributed by atoms with van der Waals surface area (Å²) in [6, 6.07) is 6.09. The van der Waals surface area contributed by atoms with Crippen LogP contribution in [0, 0.1) is 6.92 Å². The van der Waals surface area contributed by atoms with Crippen molar-refractivity contribution in [3.05, 3.63) is 59.2 Å². The molecule has 3 aromatic rings. The minimum absolute atomic E-state index is 0.00451. The van der Waals surface area contributed by atoms with E-state index < -0.39 is 0 Å². The van der Waals surface area contributed by atoms with Gasteiger partial charge in [0.2, 0.25) is 5.95 Å². The Balaban J connectivity index is 1.37. The van der Waals surface area contributed by atoms with Crippen LogP contribution in [-0.4, -0.2) is 54.4 Å². The van der Waals surface area contributed by atoms with Crippen molar-refractivity contribution in [2.24, 2.45) is 0 Å². The summed E-state index contributed by atoms with van der Waals surface area (Å²) in [5, 5.41) is 11.9. The third-order valence-corrected chi connectivity index (χ3v) is 6.31. The molecule has 1 aromatic carbocycles. The molecule has 1 fully saturated rings. The van der Waals surface area contributed by atoms with E-state index >= 15 is 0 Å². The zero-order valence-electron chi connectivity index (χ0n) is 18.0. The number of carbonyl (C=O) groups excluding carboxylic acids is 1. The molecule has 1 aliphatic heterocycles. The number of hydrogen-bond donors (Lipinski definition) is 1. The normalized spacial score (nSPS) is 20.5. The molecule has 1 aliphatic carbocycles. The van der Waals surface area contributed by atoms with Gasteiger partial charge in [0.05, 0.1) is 23.6 Å². The van der Waals surface area contributed by atoms with Crippen molar-refractivity contribution in [3.8, 4) is 5.69 Å². The predicted octanol–water partition coefficient (Wildman–Crippen LogP) is 2.96. The summed E-state index contributed by atoms with van der Waals surface area (Å²) < 4.78 is 0. The topological polar surface area (TPSA) is 88.8 Å². The molecule has 2 atom stereocenters. The van der Waals surface area contributed by atoms with Gasteiger partial charge in [-0.15, -0.1) is 0 Å². The molecule has 1 saturated heterocycles. The quantitative estimate of drug-likeness (QED) is 0.702. The number of likely N-dealkylation sites (tertiary alicyclic amines) is 1. The fourth-order valence-corrected chi connectivity index (χ4v) is 4.56. The van der Waals surface area contributed by atoms with Crippen LogP contribution in [0.5, 0.6) is 0 Å². The van der Waals surface area contributed by atoms with Gasteiger partial charge in [-0.3, -0.25) is 4.79 Å². The molecule has 0 radical (unpaired) electrons. The number of carbonyl (C=O) groups is 1. The summed E-state index contributed by atoms with van der Waals surface area (Å²) in [5.74, 6) is 0.675. The molecule has 1 amide bonds. The number of nitrogens with zero attached hydrogens (tertiary/aromatic N) is 6. The molecule has 0 spiro atoms. The Bertz CT molecular complexity index is 1100. The van der Waals surface area contributed by atoms with E-state index in [-0.39, 0.29) is 18.0 Å². The SMILES string of the molecule is Cc1ccc(-n2nccn2)c(C(=O)N2CC(Nc3ncc4c(n3)CCC4)CCC2C)c1. The number of amides is 1. The summed E-state index contributed by atoms with van der Waals surface area (Å²) in [5.41, 5.74) is 4.78. The average Bonchev–Trinajstić information content (AvgIpc) is 3.46. The van der Waals surface area contributed by atoms with Gasteiger partial charge in [0, 0.05) is 30.5 Å². The zero-order chi connectivity index (χ0) is 21.4. The van der Waals surface area contributed by atoms with E-state index in [2.05, 4.69) is 27.4 Å². The monoisotopic (exact) mass is 417 g/mol. The second kappa shape index (κ2) is 8.09. The smallest absolute Gasteiger partial charge is 0.256 e. The number of nitrogens with one attached hydrogen (secondary N) is 1. The van der Waals surface area contributed by atoms with E-state index in [0.29, 0.717) is 23.7 Å². The molecular formula is C23H27N7O. The third kappa shape index (κ3) is 3.89. The molecule has 2 aromatic heterocycles. The molecule has 160 valence electrons. The lowest BCUT2D eigenvalue weighted by Crippen LogP contribution is -2.50. The van der Waals surface area contributed by atoms with Crippen LogP contribution in [0.25, 0.3) is 5.69 Å². The van der Waals surface area contributed by atoms with Crippen LogP contribution >= 0.6 is 0 Å². The maximum absolute atomic E-state index is 13.6. The van der Waals surface area contributed by atoms with Gasteiger partial charge in [-0.05, 0) is 63.6 Å². The number of piperidine rings is 1. The van der Waals surface area contributed by atoms with Gasteiger partial charge >= 0.3 is 0 Å². The van der Waals surface area contributed by atoms with E-state index in [1.54, 1.807) is 12.4 Å². The van der Waals surface area contributed by atoms with Crippen LogP contribution < -0.4 is 5.32 Å². The van der Waals surface area contributed by atoms with Crippen molar-refractivity contribution in [1.29, 1.82) is 0 Å². The van der Waals surface area contributed by atoms with Crippen molar-refractivity contribution in [3.63, 3.8) is 0 Å². The van der Waals surface area contributed by atoms with E-state index in [4.69, 9.17) is 4.98 Å².